The second-order valence-corrected chi connectivity index (χ2v) is 0.927. The third-order valence-corrected chi connectivity index (χ3v) is 0. The van der Waals surface area contributed by atoms with Gasteiger partial charge in [-0.1, -0.05) is 6.08 Å². The molecule has 0 spiro atoms. The van der Waals surface area contributed by atoms with Crippen molar-refractivity contribution in [2.24, 2.45) is 0 Å². The standard InChI is InChI=1S/C3H6.C2H4O2.2H3N/c1-3-2;1-2(3)4;;/h3H,1H2,2H3;1H3,(H,3,4);2*1H3. The molecule has 0 amide bonds. The van der Waals surface area contributed by atoms with Gasteiger partial charge in [-0.3, -0.25) is 4.79 Å². The molecule has 0 saturated carbocycles. The normalized spacial score (nSPS) is 4.22. The Morgan fingerprint density at radius 2 is 1.56 bits per heavy atom. The number of carboxylic acid groups (broad SMARTS) is 1. The van der Waals surface area contributed by atoms with Crippen LogP contribution >= 0.6 is 0 Å². The van der Waals surface area contributed by atoms with E-state index in [0.717, 1.165) is 6.92 Å². The molecular weight excluding hydrogens is 120 g/mol. The van der Waals surface area contributed by atoms with Crippen LogP contribution in [0.4, 0.5) is 0 Å². The fourth-order valence-corrected chi connectivity index (χ4v) is 0. The van der Waals surface area contributed by atoms with Gasteiger partial charge >= 0.3 is 0 Å². The molecule has 0 heterocycles. The largest absolute Gasteiger partial charge is 0.481 e. The van der Waals surface area contributed by atoms with Crippen molar-refractivity contribution in [1.29, 1.82) is 0 Å². The molecule has 0 saturated heterocycles. The number of rotatable bonds is 0. The highest BCUT2D eigenvalue weighted by Crippen LogP contribution is 1.42. The van der Waals surface area contributed by atoms with Crippen molar-refractivity contribution in [2.45, 2.75) is 13.8 Å². The minimum atomic E-state index is -0.833. The Balaban J connectivity index is -0.0000000233. The fourth-order valence-electron chi connectivity index (χ4n) is 0. The summed E-state index contributed by atoms with van der Waals surface area (Å²) in [6, 6.07) is 0. The van der Waals surface area contributed by atoms with Crippen molar-refractivity contribution < 1.29 is 9.90 Å². The molecule has 0 aromatic heterocycles. The van der Waals surface area contributed by atoms with Gasteiger partial charge in [-0.25, -0.2) is 0 Å². The Morgan fingerprint density at radius 1 is 1.56 bits per heavy atom. The molecule has 0 aliphatic rings. The zero-order valence-electron chi connectivity index (χ0n) is 6.05. The molecule has 0 bridgehead atoms. The lowest BCUT2D eigenvalue weighted by atomic mass is 10.8. The first-order valence-corrected chi connectivity index (χ1v) is 1.91. The van der Waals surface area contributed by atoms with E-state index in [-0.39, 0.29) is 12.3 Å². The monoisotopic (exact) mass is 136 g/mol. The summed E-state index contributed by atoms with van der Waals surface area (Å²) in [5.74, 6) is -0.833. The van der Waals surface area contributed by atoms with Gasteiger partial charge < -0.3 is 17.4 Å². The molecule has 0 rings (SSSR count). The Bertz CT molecular complexity index is 60.0. The summed E-state index contributed by atoms with van der Waals surface area (Å²) in [7, 11) is 0. The average Bonchev–Trinajstić information content (AvgIpc) is 1.33. The molecule has 0 radical (unpaired) electrons. The molecule has 0 unspecified atom stereocenters. The minimum absolute atomic E-state index is 0. The summed E-state index contributed by atoms with van der Waals surface area (Å²) in [6.07, 6.45) is 1.75. The fraction of sp³-hybridized carbons (Fsp3) is 0.400. The Labute approximate surface area is 55.7 Å². The number of hydrogen-bond donors (Lipinski definition) is 3. The van der Waals surface area contributed by atoms with Gasteiger partial charge in [-0.2, -0.15) is 0 Å². The summed E-state index contributed by atoms with van der Waals surface area (Å²) in [5, 5.41) is 7.42. The van der Waals surface area contributed by atoms with Crippen LogP contribution in [0.2, 0.25) is 0 Å². The van der Waals surface area contributed by atoms with E-state index in [1.54, 1.807) is 6.08 Å². The first kappa shape index (κ1) is 24.2. The van der Waals surface area contributed by atoms with Crippen LogP contribution in [0.25, 0.3) is 0 Å². The van der Waals surface area contributed by atoms with Crippen LogP contribution in [-0.4, -0.2) is 11.1 Å². The Kier molecular flexibility index (Phi) is 73.6. The van der Waals surface area contributed by atoms with E-state index in [1.165, 1.54) is 0 Å². The van der Waals surface area contributed by atoms with E-state index < -0.39 is 5.97 Å². The number of hydrogen-bond acceptors (Lipinski definition) is 3. The van der Waals surface area contributed by atoms with Crippen LogP contribution in [0.3, 0.4) is 0 Å². The molecule has 0 aliphatic carbocycles. The van der Waals surface area contributed by atoms with E-state index in [1.807, 2.05) is 6.92 Å². The van der Waals surface area contributed by atoms with Gasteiger partial charge in [0.05, 0.1) is 0 Å². The zero-order chi connectivity index (χ0) is 6.28. The lowest BCUT2D eigenvalue weighted by molar-refractivity contribution is -0.134. The van der Waals surface area contributed by atoms with E-state index in [4.69, 9.17) is 9.90 Å². The Morgan fingerprint density at radius 3 is 1.56 bits per heavy atom. The summed E-state index contributed by atoms with van der Waals surface area (Å²) >= 11 is 0. The maximum absolute atomic E-state index is 9.00. The molecule has 7 N–H and O–H groups in total. The highest BCUT2D eigenvalue weighted by molar-refractivity contribution is 5.62. The third kappa shape index (κ3) is 248. The molecule has 4 heteroatoms. The van der Waals surface area contributed by atoms with E-state index >= 15 is 0 Å². The second kappa shape index (κ2) is 27.3. The lowest BCUT2D eigenvalue weighted by Gasteiger charge is -1.59. The topological polar surface area (TPSA) is 107 Å². The van der Waals surface area contributed by atoms with Crippen LogP contribution in [0, 0.1) is 0 Å². The predicted molar refractivity (Wildman–Crippen MR) is 39.2 cm³/mol. The van der Waals surface area contributed by atoms with Crippen molar-refractivity contribution in [3.8, 4) is 0 Å². The van der Waals surface area contributed by atoms with E-state index in [0.29, 0.717) is 0 Å². The summed E-state index contributed by atoms with van der Waals surface area (Å²) in [5.41, 5.74) is 0. The van der Waals surface area contributed by atoms with Gasteiger partial charge in [-0.15, -0.1) is 6.58 Å². The number of carboxylic acids is 1. The zero-order valence-corrected chi connectivity index (χ0v) is 6.05. The number of aliphatic carboxylic acids is 1. The van der Waals surface area contributed by atoms with Crippen molar-refractivity contribution in [3.05, 3.63) is 12.7 Å². The van der Waals surface area contributed by atoms with E-state index in [2.05, 4.69) is 6.58 Å². The van der Waals surface area contributed by atoms with E-state index in [9.17, 15) is 0 Å². The highest BCUT2D eigenvalue weighted by atomic mass is 16.4. The quantitative estimate of drug-likeness (QED) is 0.439. The van der Waals surface area contributed by atoms with Gasteiger partial charge in [0.2, 0.25) is 0 Å². The number of allylic oxidation sites excluding steroid dienone is 1. The number of carbonyl (C=O) groups is 1. The average molecular weight is 136 g/mol. The molecule has 0 aromatic carbocycles. The van der Waals surface area contributed by atoms with Crippen molar-refractivity contribution in [3.63, 3.8) is 0 Å². The van der Waals surface area contributed by atoms with Crippen LogP contribution in [0.1, 0.15) is 13.8 Å². The first-order valence-electron chi connectivity index (χ1n) is 1.91. The lowest BCUT2D eigenvalue weighted by Crippen LogP contribution is -1.78. The smallest absolute Gasteiger partial charge is 0.300 e. The highest BCUT2D eigenvalue weighted by Gasteiger charge is 1.65. The van der Waals surface area contributed by atoms with Gasteiger partial charge in [0.15, 0.2) is 0 Å². The molecule has 0 atom stereocenters. The third-order valence-electron chi connectivity index (χ3n) is 0. The molecule has 0 aromatic rings. The maximum Gasteiger partial charge on any atom is 0.300 e. The first-order chi connectivity index (χ1) is 3.15. The van der Waals surface area contributed by atoms with Gasteiger partial charge in [0.1, 0.15) is 0 Å². The minimum Gasteiger partial charge on any atom is -0.481 e. The Hall–Kier alpha value is -0.870. The van der Waals surface area contributed by atoms with Gasteiger partial charge in [-0.05, 0) is 6.92 Å². The maximum atomic E-state index is 9.00. The SMILES string of the molecule is C=CC.CC(=O)O.N.N. The summed E-state index contributed by atoms with van der Waals surface area (Å²) in [4.78, 5) is 9.00. The molecule has 0 fully saturated rings. The van der Waals surface area contributed by atoms with Crippen LogP contribution in [0.5, 0.6) is 0 Å². The predicted octanol–water partition coefficient (Wildman–Crippen LogP) is 1.61. The van der Waals surface area contributed by atoms with Crippen LogP contribution in [0.15, 0.2) is 12.7 Å². The summed E-state index contributed by atoms with van der Waals surface area (Å²) in [6.45, 7) is 6.33. The molecular formula is C5H16N2O2. The molecule has 9 heavy (non-hydrogen) atoms. The molecule has 4 nitrogen and oxygen atoms in total. The van der Waals surface area contributed by atoms with Gasteiger partial charge in [0.25, 0.3) is 5.97 Å². The molecule has 0 aliphatic heterocycles. The van der Waals surface area contributed by atoms with Gasteiger partial charge in [0, 0.05) is 6.92 Å². The van der Waals surface area contributed by atoms with Crippen molar-refractivity contribution >= 4 is 5.97 Å². The van der Waals surface area contributed by atoms with Crippen LogP contribution < -0.4 is 12.3 Å². The van der Waals surface area contributed by atoms with Crippen LogP contribution in [-0.2, 0) is 4.79 Å². The summed E-state index contributed by atoms with van der Waals surface area (Å²) < 4.78 is 0. The van der Waals surface area contributed by atoms with Crippen molar-refractivity contribution in [2.75, 3.05) is 0 Å². The second-order valence-electron chi connectivity index (χ2n) is 0.927. The molecule has 58 valence electrons. The van der Waals surface area contributed by atoms with Crippen molar-refractivity contribution in [1.82, 2.24) is 12.3 Å².